The van der Waals surface area contributed by atoms with E-state index in [1.54, 1.807) is 52.0 Å². The molecule has 3 N–H and O–H groups in total. The SMILES string of the molecule is CCOC(=O)Oc1ccc(C(=O)Nc2ccc(CNC(=O)CCNC(=O)OC(C)(C)C)cc2)cc1. The van der Waals surface area contributed by atoms with Gasteiger partial charge in [-0.3, -0.25) is 9.59 Å². The van der Waals surface area contributed by atoms with Crippen molar-refractivity contribution in [2.24, 2.45) is 0 Å². The number of hydrogen-bond acceptors (Lipinski definition) is 7. The maximum Gasteiger partial charge on any atom is 0.513 e. The second-order valence-electron chi connectivity index (χ2n) is 8.42. The number of carbonyl (C=O) groups excluding carboxylic acids is 4. The van der Waals surface area contributed by atoms with Crippen molar-refractivity contribution in [3.63, 3.8) is 0 Å². The van der Waals surface area contributed by atoms with Crippen LogP contribution in [-0.2, 0) is 20.8 Å². The first kappa shape index (κ1) is 27.2. The standard InChI is InChI=1S/C25H31N3O7/c1-5-33-24(32)34-20-12-8-18(9-13-20)22(30)28-19-10-6-17(7-11-19)16-27-21(29)14-15-26-23(31)35-25(2,3)4/h6-13H,5,14-16H2,1-4H3,(H,26,31)(H,27,29)(H,28,30). The number of alkyl carbamates (subject to hydrolysis) is 1. The summed E-state index contributed by atoms with van der Waals surface area (Å²) in [6.45, 7) is 7.64. The summed E-state index contributed by atoms with van der Waals surface area (Å²) in [5.74, 6) is -0.271. The molecule has 188 valence electrons. The quantitative estimate of drug-likeness (QED) is 0.361. The van der Waals surface area contributed by atoms with E-state index in [4.69, 9.17) is 14.2 Å². The number of amides is 3. The molecule has 0 bridgehead atoms. The maximum atomic E-state index is 12.4. The molecule has 0 heterocycles. The van der Waals surface area contributed by atoms with Crippen molar-refractivity contribution < 1.29 is 33.4 Å². The summed E-state index contributed by atoms with van der Waals surface area (Å²) in [7, 11) is 0. The molecule has 3 amide bonds. The lowest BCUT2D eigenvalue weighted by atomic mass is 10.1. The molecule has 2 rings (SSSR count). The minimum atomic E-state index is -0.807. The summed E-state index contributed by atoms with van der Waals surface area (Å²) in [6, 6.07) is 13.1. The van der Waals surface area contributed by atoms with E-state index in [-0.39, 0.29) is 37.1 Å². The normalized spacial score (nSPS) is 10.6. The van der Waals surface area contributed by atoms with Crippen LogP contribution in [0.2, 0.25) is 0 Å². The fourth-order valence-corrected chi connectivity index (χ4v) is 2.71. The Labute approximate surface area is 204 Å². The van der Waals surface area contributed by atoms with Crippen LogP contribution in [0.25, 0.3) is 0 Å². The lowest BCUT2D eigenvalue weighted by Gasteiger charge is -2.19. The van der Waals surface area contributed by atoms with Crippen molar-refractivity contribution in [3.8, 4) is 5.75 Å². The van der Waals surface area contributed by atoms with Crippen LogP contribution in [0.3, 0.4) is 0 Å². The molecule has 0 fully saturated rings. The Morgan fingerprint density at radius 1 is 0.886 bits per heavy atom. The molecule has 0 aliphatic rings. The van der Waals surface area contributed by atoms with E-state index in [2.05, 4.69) is 16.0 Å². The van der Waals surface area contributed by atoms with Crippen LogP contribution in [0.5, 0.6) is 5.75 Å². The van der Waals surface area contributed by atoms with Crippen LogP contribution in [0.4, 0.5) is 15.3 Å². The number of rotatable bonds is 9. The van der Waals surface area contributed by atoms with Crippen molar-refractivity contribution in [2.45, 2.75) is 46.3 Å². The first-order valence-electron chi connectivity index (χ1n) is 11.1. The molecule has 0 atom stereocenters. The van der Waals surface area contributed by atoms with E-state index in [0.717, 1.165) is 5.56 Å². The van der Waals surface area contributed by atoms with Gasteiger partial charge in [-0.05, 0) is 69.7 Å². The molecule has 0 unspecified atom stereocenters. The van der Waals surface area contributed by atoms with Crippen molar-refractivity contribution in [3.05, 3.63) is 59.7 Å². The maximum absolute atomic E-state index is 12.4. The molecule has 0 radical (unpaired) electrons. The van der Waals surface area contributed by atoms with E-state index < -0.39 is 17.8 Å². The predicted molar refractivity (Wildman–Crippen MR) is 129 cm³/mol. The topological polar surface area (TPSA) is 132 Å². The zero-order chi connectivity index (χ0) is 25.8. The van der Waals surface area contributed by atoms with Gasteiger partial charge in [-0.1, -0.05) is 12.1 Å². The number of anilines is 1. The third-order valence-electron chi connectivity index (χ3n) is 4.30. The van der Waals surface area contributed by atoms with Gasteiger partial charge in [0.05, 0.1) is 6.61 Å². The molecular formula is C25H31N3O7. The molecule has 2 aromatic rings. The second-order valence-corrected chi connectivity index (χ2v) is 8.42. The molecule has 10 nitrogen and oxygen atoms in total. The lowest BCUT2D eigenvalue weighted by Crippen LogP contribution is -2.35. The highest BCUT2D eigenvalue weighted by atomic mass is 16.7. The van der Waals surface area contributed by atoms with E-state index >= 15 is 0 Å². The number of benzene rings is 2. The van der Waals surface area contributed by atoms with E-state index in [1.165, 1.54) is 24.3 Å². The Kier molecular flexibility index (Phi) is 10.1. The molecule has 0 aliphatic heterocycles. The summed E-state index contributed by atoms with van der Waals surface area (Å²) in [5, 5.41) is 8.08. The molecular weight excluding hydrogens is 454 g/mol. The van der Waals surface area contributed by atoms with Crippen molar-refractivity contribution in [1.82, 2.24) is 10.6 Å². The highest BCUT2D eigenvalue weighted by Gasteiger charge is 2.16. The minimum absolute atomic E-state index is 0.122. The zero-order valence-electron chi connectivity index (χ0n) is 20.3. The molecule has 0 spiro atoms. The van der Waals surface area contributed by atoms with Gasteiger partial charge in [-0.15, -0.1) is 0 Å². The summed E-state index contributed by atoms with van der Waals surface area (Å²) in [6.07, 6.45) is -1.25. The van der Waals surface area contributed by atoms with Crippen molar-refractivity contribution in [2.75, 3.05) is 18.5 Å². The number of carbonyl (C=O) groups is 4. The number of ether oxygens (including phenoxy) is 3. The third-order valence-corrected chi connectivity index (χ3v) is 4.30. The highest BCUT2D eigenvalue weighted by molar-refractivity contribution is 6.04. The summed E-state index contributed by atoms with van der Waals surface area (Å²) in [5.41, 5.74) is 1.22. The van der Waals surface area contributed by atoms with Gasteiger partial charge < -0.3 is 30.2 Å². The summed E-state index contributed by atoms with van der Waals surface area (Å²) < 4.78 is 14.8. The minimum Gasteiger partial charge on any atom is -0.444 e. The van der Waals surface area contributed by atoms with Gasteiger partial charge in [-0.25, -0.2) is 9.59 Å². The fourth-order valence-electron chi connectivity index (χ4n) is 2.71. The van der Waals surface area contributed by atoms with Crippen LogP contribution in [0, 0.1) is 0 Å². The zero-order valence-corrected chi connectivity index (χ0v) is 20.3. The Morgan fingerprint density at radius 3 is 2.14 bits per heavy atom. The van der Waals surface area contributed by atoms with Gasteiger partial charge in [0.1, 0.15) is 11.4 Å². The molecule has 0 saturated carbocycles. The van der Waals surface area contributed by atoms with E-state index in [9.17, 15) is 19.2 Å². The first-order chi connectivity index (χ1) is 16.6. The van der Waals surface area contributed by atoms with Crippen molar-refractivity contribution in [1.29, 1.82) is 0 Å². The van der Waals surface area contributed by atoms with Crippen LogP contribution in [0.15, 0.2) is 48.5 Å². The van der Waals surface area contributed by atoms with Crippen LogP contribution in [0.1, 0.15) is 50.0 Å². The predicted octanol–water partition coefficient (Wildman–Crippen LogP) is 4.01. The first-order valence-corrected chi connectivity index (χ1v) is 11.1. The number of hydrogen-bond donors (Lipinski definition) is 3. The number of nitrogens with one attached hydrogen (secondary N) is 3. The average Bonchev–Trinajstić information content (AvgIpc) is 2.78. The Bertz CT molecular complexity index is 1010. The summed E-state index contributed by atoms with van der Waals surface area (Å²) >= 11 is 0. The smallest absolute Gasteiger partial charge is 0.444 e. The monoisotopic (exact) mass is 485 g/mol. The lowest BCUT2D eigenvalue weighted by molar-refractivity contribution is -0.121. The van der Waals surface area contributed by atoms with Gasteiger partial charge in [0.2, 0.25) is 5.91 Å². The van der Waals surface area contributed by atoms with Crippen molar-refractivity contribution >= 4 is 29.8 Å². The second kappa shape index (κ2) is 13.0. The van der Waals surface area contributed by atoms with Gasteiger partial charge >= 0.3 is 12.2 Å². The van der Waals surface area contributed by atoms with Gasteiger partial charge in [-0.2, -0.15) is 0 Å². The Balaban J connectivity index is 1.75. The van der Waals surface area contributed by atoms with Crippen LogP contribution >= 0.6 is 0 Å². The molecule has 10 heteroatoms. The molecule has 0 saturated heterocycles. The molecule has 2 aromatic carbocycles. The largest absolute Gasteiger partial charge is 0.513 e. The highest BCUT2D eigenvalue weighted by Crippen LogP contribution is 2.16. The molecule has 0 aromatic heterocycles. The van der Waals surface area contributed by atoms with E-state index in [1.807, 2.05) is 0 Å². The van der Waals surface area contributed by atoms with Crippen LogP contribution in [-0.4, -0.2) is 42.8 Å². The van der Waals surface area contributed by atoms with Gasteiger partial charge in [0.15, 0.2) is 0 Å². The van der Waals surface area contributed by atoms with Gasteiger partial charge in [0, 0.05) is 30.8 Å². The fraction of sp³-hybridized carbons (Fsp3) is 0.360. The summed E-state index contributed by atoms with van der Waals surface area (Å²) in [4.78, 5) is 47.3. The van der Waals surface area contributed by atoms with E-state index in [0.29, 0.717) is 17.8 Å². The van der Waals surface area contributed by atoms with Crippen LogP contribution < -0.4 is 20.7 Å². The molecule has 0 aliphatic carbocycles. The third kappa shape index (κ3) is 10.6. The Hall–Kier alpha value is -4.08. The average molecular weight is 486 g/mol. The Morgan fingerprint density at radius 2 is 1.54 bits per heavy atom. The molecule has 35 heavy (non-hydrogen) atoms. The van der Waals surface area contributed by atoms with Gasteiger partial charge in [0.25, 0.3) is 5.91 Å².